The fourth-order valence-electron chi connectivity index (χ4n) is 2.08. The Bertz CT molecular complexity index is 865. The largest absolute Gasteiger partial charge is 0.490 e. The zero-order chi connectivity index (χ0) is 19.2. The van der Waals surface area contributed by atoms with Crippen molar-refractivity contribution in [1.82, 2.24) is 15.2 Å². The lowest BCUT2D eigenvalue weighted by Gasteiger charge is -2.13. The van der Waals surface area contributed by atoms with E-state index in [9.17, 15) is 13.2 Å². The van der Waals surface area contributed by atoms with Crippen molar-refractivity contribution in [2.75, 3.05) is 13.2 Å². The molecule has 1 aromatic heterocycles. The van der Waals surface area contributed by atoms with Crippen molar-refractivity contribution in [3.8, 4) is 11.5 Å². The summed E-state index contributed by atoms with van der Waals surface area (Å²) in [5, 5.41) is 2.59. The van der Waals surface area contributed by atoms with Gasteiger partial charge in [-0.25, -0.2) is 13.4 Å². The van der Waals surface area contributed by atoms with Gasteiger partial charge in [0.25, 0.3) is 10.0 Å². The molecule has 0 atom stereocenters. The van der Waals surface area contributed by atoms with E-state index >= 15 is 0 Å². The quantitative estimate of drug-likeness (QED) is 0.623. The van der Waals surface area contributed by atoms with Crippen LogP contribution in [0.3, 0.4) is 0 Å². The van der Waals surface area contributed by atoms with Gasteiger partial charge in [-0.1, -0.05) is 0 Å². The molecule has 2 N–H and O–H groups in total. The number of benzene rings is 1. The standard InChI is InChI=1S/C16H21N3O5S2/c1-4-23-14-7-6-13(9-15(14)24-5-2)26(21,22)19-18-16(20)8-12-10-25-11(3)17-12/h6-7,9-10,19H,4-5,8H2,1-3H3,(H,18,20). The third-order valence-electron chi connectivity index (χ3n) is 3.16. The Kier molecular flexibility index (Phi) is 6.95. The first-order valence-electron chi connectivity index (χ1n) is 7.97. The molecule has 0 fully saturated rings. The minimum atomic E-state index is -3.95. The Hall–Kier alpha value is -2.17. The summed E-state index contributed by atoms with van der Waals surface area (Å²) in [6.07, 6.45) is -0.0136. The van der Waals surface area contributed by atoms with Crippen LogP contribution in [0.2, 0.25) is 0 Å². The van der Waals surface area contributed by atoms with E-state index < -0.39 is 15.9 Å². The molecule has 0 unspecified atom stereocenters. The molecule has 1 aromatic carbocycles. The maximum atomic E-state index is 12.4. The van der Waals surface area contributed by atoms with Crippen LogP contribution in [0.25, 0.3) is 0 Å². The van der Waals surface area contributed by atoms with E-state index in [0.717, 1.165) is 5.01 Å². The third kappa shape index (κ3) is 5.41. The zero-order valence-corrected chi connectivity index (χ0v) is 16.4. The number of amides is 1. The van der Waals surface area contributed by atoms with Gasteiger partial charge in [0.1, 0.15) is 0 Å². The molecule has 26 heavy (non-hydrogen) atoms. The molecule has 0 aliphatic rings. The second kappa shape index (κ2) is 8.97. The van der Waals surface area contributed by atoms with Gasteiger partial charge in [0, 0.05) is 11.4 Å². The lowest BCUT2D eigenvalue weighted by atomic mass is 10.3. The predicted octanol–water partition coefficient (Wildman–Crippen LogP) is 1.80. The van der Waals surface area contributed by atoms with Gasteiger partial charge in [-0.15, -0.1) is 16.2 Å². The van der Waals surface area contributed by atoms with Gasteiger partial charge in [0.05, 0.1) is 35.2 Å². The van der Waals surface area contributed by atoms with Crippen molar-refractivity contribution in [2.24, 2.45) is 0 Å². The second-order valence-electron chi connectivity index (χ2n) is 5.16. The fraction of sp³-hybridized carbons (Fsp3) is 0.375. The smallest absolute Gasteiger partial charge is 0.257 e. The van der Waals surface area contributed by atoms with Gasteiger partial charge >= 0.3 is 0 Å². The summed E-state index contributed by atoms with van der Waals surface area (Å²) in [6.45, 7) is 6.23. The molecule has 1 heterocycles. The monoisotopic (exact) mass is 399 g/mol. The highest BCUT2D eigenvalue weighted by molar-refractivity contribution is 7.89. The summed E-state index contributed by atoms with van der Waals surface area (Å²) in [7, 11) is -3.95. The molecule has 0 aliphatic heterocycles. The molecule has 0 radical (unpaired) electrons. The van der Waals surface area contributed by atoms with E-state index in [0.29, 0.717) is 30.4 Å². The number of carbonyl (C=O) groups excluding carboxylic acids is 1. The first kappa shape index (κ1) is 20.1. The van der Waals surface area contributed by atoms with Crippen LogP contribution in [-0.4, -0.2) is 32.5 Å². The summed E-state index contributed by atoms with van der Waals surface area (Å²) in [6, 6.07) is 4.25. The number of carbonyl (C=O) groups is 1. The first-order chi connectivity index (χ1) is 12.4. The summed E-state index contributed by atoms with van der Waals surface area (Å²) in [5.41, 5.74) is 2.77. The van der Waals surface area contributed by atoms with Gasteiger partial charge in [-0.05, 0) is 32.9 Å². The number of sulfonamides is 1. The molecule has 2 aromatic rings. The van der Waals surface area contributed by atoms with Gasteiger partial charge in [-0.3, -0.25) is 10.2 Å². The highest BCUT2D eigenvalue weighted by Gasteiger charge is 2.18. The highest BCUT2D eigenvalue weighted by atomic mass is 32.2. The summed E-state index contributed by atoms with van der Waals surface area (Å²) < 4.78 is 35.6. The second-order valence-corrected chi connectivity index (χ2v) is 7.91. The van der Waals surface area contributed by atoms with Crippen LogP contribution in [0.1, 0.15) is 24.5 Å². The average Bonchev–Trinajstić information content (AvgIpc) is 3.00. The number of nitrogens with zero attached hydrogens (tertiary/aromatic N) is 1. The molecule has 8 nitrogen and oxygen atoms in total. The number of hydrogen-bond acceptors (Lipinski definition) is 7. The Morgan fingerprint density at radius 1 is 1.19 bits per heavy atom. The SMILES string of the molecule is CCOc1ccc(S(=O)(=O)NNC(=O)Cc2csc(C)n2)cc1OCC. The molecule has 1 amide bonds. The van der Waals surface area contributed by atoms with Gasteiger partial charge in [0.2, 0.25) is 5.91 Å². The van der Waals surface area contributed by atoms with E-state index in [1.54, 1.807) is 12.3 Å². The lowest BCUT2D eigenvalue weighted by Crippen LogP contribution is -2.42. The Balaban J connectivity index is 2.06. The van der Waals surface area contributed by atoms with E-state index in [2.05, 4.69) is 15.2 Å². The zero-order valence-electron chi connectivity index (χ0n) is 14.7. The van der Waals surface area contributed by atoms with Gasteiger partial charge < -0.3 is 9.47 Å². The van der Waals surface area contributed by atoms with Crippen LogP contribution in [0.5, 0.6) is 11.5 Å². The molecule has 142 valence electrons. The van der Waals surface area contributed by atoms with Crippen LogP contribution >= 0.6 is 11.3 Å². The van der Waals surface area contributed by atoms with E-state index in [1.807, 2.05) is 13.8 Å². The number of nitrogens with one attached hydrogen (secondary N) is 2. The normalized spacial score (nSPS) is 11.2. The van der Waals surface area contributed by atoms with E-state index in [4.69, 9.17) is 9.47 Å². The third-order valence-corrected chi connectivity index (χ3v) is 5.23. The Morgan fingerprint density at radius 3 is 2.50 bits per heavy atom. The van der Waals surface area contributed by atoms with Gasteiger partial charge in [-0.2, -0.15) is 0 Å². The van der Waals surface area contributed by atoms with Crippen molar-refractivity contribution in [3.63, 3.8) is 0 Å². The number of rotatable bonds is 9. The van der Waals surface area contributed by atoms with E-state index in [-0.39, 0.29) is 11.3 Å². The van der Waals surface area contributed by atoms with Gasteiger partial charge in [0.15, 0.2) is 11.5 Å². The van der Waals surface area contributed by atoms with Crippen molar-refractivity contribution < 1.29 is 22.7 Å². The first-order valence-corrected chi connectivity index (χ1v) is 10.3. The number of hydrazine groups is 1. The van der Waals surface area contributed by atoms with Crippen molar-refractivity contribution in [1.29, 1.82) is 0 Å². The molecule has 10 heteroatoms. The van der Waals surface area contributed by atoms with Crippen LogP contribution in [0.15, 0.2) is 28.5 Å². The molecule has 0 aliphatic carbocycles. The number of hydrogen-bond donors (Lipinski definition) is 2. The van der Waals surface area contributed by atoms with Crippen molar-refractivity contribution in [3.05, 3.63) is 34.3 Å². The highest BCUT2D eigenvalue weighted by Crippen LogP contribution is 2.30. The predicted molar refractivity (Wildman–Crippen MR) is 97.8 cm³/mol. The van der Waals surface area contributed by atoms with Crippen LogP contribution < -0.4 is 19.7 Å². The average molecular weight is 399 g/mol. The molecule has 0 saturated heterocycles. The van der Waals surface area contributed by atoms with Crippen molar-refractivity contribution in [2.45, 2.75) is 32.1 Å². The number of aromatic nitrogens is 1. The maximum absolute atomic E-state index is 12.4. The van der Waals surface area contributed by atoms with Crippen LogP contribution in [0.4, 0.5) is 0 Å². The van der Waals surface area contributed by atoms with Crippen LogP contribution in [0, 0.1) is 6.92 Å². The minimum Gasteiger partial charge on any atom is -0.490 e. The van der Waals surface area contributed by atoms with Crippen molar-refractivity contribution >= 4 is 27.3 Å². The molecular weight excluding hydrogens is 378 g/mol. The van der Waals surface area contributed by atoms with Crippen LogP contribution in [-0.2, 0) is 21.2 Å². The topological polar surface area (TPSA) is 107 Å². The molecular formula is C16H21N3O5S2. The number of ether oxygens (including phenoxy) is 2. The number of thiazole rings is 1. The lowest BCUT2D eigenvalue weighted by molar-refractivity contribution is -0.120. The molecule has 0 saturated carbocycles. The fourth-order valence-corrected chi connectivity index (χ4v) is 3.57. The number of aryl methyl sites for hydroxylation is 1. The maximum Gasteiger partial charge on any atom is 0.257 e. The summed E-state index contributed by atoms with van der Waals surface area (Å²) in [5.74, 6) is 0.271. The summed E-state index contributed by atoms with van der Waals surface area (Å²) >= 11 is 1.42. The Morgan fingerprint density at radius 2 is 1.88 bits per heavy atom. The molecule has 0 bridgehead atoms. The molecule has 0 spiro atoms. The minimum absolute atomic E-state index is 0.0136. The van der Waals surface area contributed by atoms with E-state index in [1.165, 1.54) is 29.5 Å². The Labute approximate surface area is 156 Å². The summed E-state index contributed by atoms with van der Waals surface area (Å²) in [4.78, 5) is 18.1. The molecule has 2 rings (SSSR count).